The minimum absolute atomic E-state index is 0. The summed E-state index contributed by atoms with van der Waals surface area (Å²) >= 11 is 0. The first-order chi connectivity index (χ1) is 9.35. The highest BCUT2D eigenvalue weighted by Gasteiger charge is 2.26. The van der Waals surface area contributed by atoms with Crippen LogP contribution in [-0.2, 0) is 4.74 Å². The van der Waals surface area contributed by atoms with E-state index in [1.165, 1.54) is 12.1 Å². The van der Waals surface area contributed by atoms with E-state index in [-0.39, 0.29) is 29.7 Å². The van der Waals surface area contributed by atoms with Crippen molar-refractivity contribution in [1.29, 1.82) is 0 Å². The molecule has 1 aromatic rings. The number of nitro groups is 1. The third-order valence-electron chi connectivity index (χ3n) is 3.02. The summed E-state index contributed by atoms with van der Waals surface area (Å²) in [5.41, 5.74) is 0.689. The van der Waals surface area contributed by atoms with Gasteiger partial charge in [0.2, 0.25) is 5.90 Å². The molecule has 21 heavy (non-hydrogen) atoms. The molecule has 5 nitrogen and oxygen atoms in total. The van der Waals surface area contributed by atoms with Crippen LogP contribution in [0.5, 0.6) is 0 Å². The van der Waals surface area contributed by atoms with Crippen molar-refractivity contribution in [1.82, 2.24) is 0 Å². The van der Waals surface area contributed by atoms with Crippen LogP contribution in [0.25, 0.3) is 6.08 Å². The number of aliphatic imine (C=N–C) groups is 1. The molecule has 0 N–H and O–H groups in total. The number of ether oxygens (including phenoxy) is 1. The number of hydrogen-bond acceptors (Lipinski definition) is 4. The predicted molar refractivity (Wildman–Crippen MR) is 86.1 cm³/mol. The fourth-order valence-electron chi connectivity index (χ4n) is 2.31. The van der Waals surface area contributed by atoms with Crippen molar-refractivity contribution in [2.45, 2.75) is 38.8 Å². The number of nitrogens with zero attached hydrogens (tertiary/aromatic N) is 2. The van der Waals surface area contributed by atoms with E-state index < -0.39 is 4.92 Å². The lowest BCUT2D eigenvalue weighted by molar-refractivity contribution is -0.384. The van der Waals surface area contributed by atoms with Crippen LogP contribution in [0.4, 0.5) is 5.69 Å². The maximum Gasteiger partial charge on any atom is 0.270 e. The van der Waals surface area contributed by atoms with E-state index in [0.717, 1.165) is 12.0 Å². The van der Waals surface area contributed by atoms with Gasteiger partial charge in [0.15, 0.2) is 0 Å². The summed E-state index contributed by atoms with van der Waals surface area (Å²) in [6.07, 6.45) is 4.53. The zero-order valence-electron chi connectivity index (χ0n) is 12.3. The highest BCUT2D eigenvalue weighted by atomic mass is 35.5. The van der Waals surface area contributed by atoms with Crippen LogP contribution >= 0.6 is 12.4 Å². The minimum atomic E-state index is -0.406. The van der Waals surface area contributed by atoms with Gasteiger partial charge in [-0.2, -0.15) is 0 Å². The van der Waals surface area contributed by atoms with Crippen LogP contribution in [0.1, 0.15) is 32.8 Å². The second-order valence-electron chi connectivity index (χ2n) is 5.58. The first-order valence-corrected chi connectivity index (χ1v) is 6.55. The molecule has 1 aliphatic rings. The van der Waals surface area contributed by atoms with E-state index in [9.17, 15) is 10.1 Å². The number of non-ortho nitro benzene ring substituents is 1. The Hall–Kier alpha value is -1.88. The summed E-state index contributed by atoms with van der Waals surface area (Å²) in [6, 6.07) is 6.46. The lowest BCUT2D eigenvalue weighted by Gasteiger charge is -2.30. The molecule has 6 heteroatoms. The SMILES string of the molecule is CC1CC(C)(C)N=C(/C=C/c2cccc([N+](=O)[O-])c2)O1.Cl. The smallest absolute Gasteiger partial charge is 0.270 e. The molecule has 1 heterocycles. The molecule has 1 aliphatic heterocycles. The molecule has 0 saturated heterocycles. The van der Waals surface area contributed by atoms with Crippen LogP contribution in [-0.4, -0.2) is 22.5 Å². The highest BCUT2D eigenvalue weighted by molar-refractivity contribution is 5.92. The fraction of sp³-hybridized carbons (Fsp3) is 0.400. The zero-order chi connectivity index (χ0) is 14.8. The predicted octanol–water partition coefficient (Wildman–Crippen LogP) is 4.02. The topological polar surface area (TPSA) is 64.7 Å². The Kier molecular flexibility index (Phi) is 5.49. The highest BCUT2D eigenvalue weighted by Crippen LogP contribution is 2.24. The molecule has 2 rings (SSSR count). The van der Waals surface area contributed by atoms with Gasteiger partial charge in [-0.05, 0) is 32.4 Å². The van der Waals surface area contributed by atoms with E-state index in [0.29, 0.717) is 5.90 Å². The van der Waals surface area contributed by atoms with Gasteiger partial charge in [-0.3, -0.25) is 10.1 Å². The van der Waals surface area contributed by atoms with E-state index in [4.69, 9.17) is 4.74 Å². The van der Waals surface area contributed by atoms with Gasteiger partial charge in [0.1, 0.15) is 0 Å². The molecule has 1 atom stereocenters. The molecule has 1 aromatic carbocycles. The maximum absolute atomic E-state index is 10.7. The Balaban J connectivity index is 0.00000220. The molecular formula is C15H19ClN2O3. The van der Waals surface area contributed by atoms with Crippen LogP contribution in [0.2, 0.25) is 0 Å². The van der Waals surface area contributed by atoms with Gasteiger partial charge in [-0.1, -0.05) is 12.1 Å². The van der Waals surface area contributed by atoms with Gasteiger partial charge in [-0.25, -0.2) is 4.99 Å². The average molecular weight is 311 g/mol. The molecule has 0 bridgehead atoms. The number of rotatable bonds is 3. The van der Waals surface area contributed by atoms with E-state index in [1.54, 1.807) is 18.2 Å². The van der Waals surface area contributed by atoms with E-state index in [1.807, 2.05) is 13.0 Å². The maximum atomic E-state index is 10.7. The van der Waals surface area contributed by atoms with Gasteiger partial charge in [-0.15, -0.1) is 12.4 Å². The van der Waals surface area contributed by atoms with Gasteiger partial charge < -0.3 is 4.74 Å². The largest absolute Gasteiger partial charge is 0.475 e. The third-order valence-corrected chi connectivity index (χ3v) is 3.02. The van der Waals surface area contributed by atoms with Gasteiger partial charge in [0.05, 0.1) is 16.6 Å². The second kappa shape index (κ2) is 6.72. The summed E-state index contributed by atoms with van der Waals surface area (Å²) in [5.74, 6) is 0.570. The van der Waals surface area contributed by atoms with Crippen molar-refractivity contribution in [3.63, 3.8) is 0 Å². The Morgan fingerprint density at radius 2 is 2.14 bits per heavy atom. The molecule has 0 aliphatic carbocycles. The monoisotopic (exact) mass is 310 g/mol. The summed E-state index contributed by atoms with van der Waals surface area (Å²) in [7, 11) is 0. The number of nitro benzene ring substituents is 1. The summed E-state index contributed by atoms with van der Waals surface area (Å²) in [4.78, 5) is 14.8. The number of benzene rings is 1. The van der Waals surface area contributed by atoms with Gasteiger partial charge in [0.25, 0.3) is 5.69 Å². The summed E-state index contributed by atoms with van der Waals surface area (Å²) in [5, 5.41) is 10.7. The molecule has 114 valence electrons. The standard InChI is InChI=1S/C15H18N2O3.ClH/c1-11-10-15(2,3)16-14(20-11)8-7-12-5-4-6-13(9-12)17(18)19;/h4-9,11H,10H2,1-3H3;1H/b8-7+;. The molecule has 0 saturated carbocycles. The lowest BCUT2D eigenvalue weighted by Crippen LogP contribution is -2.33. The average Bonchev–Trinajstić information content (AvgIpc) is 2.34. The van der Waals surface area contributed by atoms with Crippen LogP contribution in [0, 0.1) is 10.1 Å². The van der Waals surface area contributed by atoms with Crippen molar-refractivity contribution < 1.29 is 9.66 Å². The second-order valence-corrected chi connectivity index (χ2v) is 5.58. The van der Waals surface area contributed by atoms with Crippen molar-refractivity contribution in [3.05, 3.63) is 46.0 Å². The lowest BCUT2D eigenvalue weighted by atomic mass is 9.97. The number of halogens is 1. The quantitative estimate of drug-likeness (QED) is 0.625. The number of hydrogen-bond donors (Lipinski definition) is 0. The Morgan fingerprint density at radius 3 is 2.76 bits per heavy atom. The Labute approximate surface area is 130 Å². The summed E-state index contributed by atoms with van der Waals surface area (Å²) in [6.45, 7) is 6.14. The molecule has 0 spiro atoms. The van der Waals surface area contributed by atoms with Crippen molar-refractivity contribution in [2.75, 3.05) is 0 Å². The minimum Gasteiger partial charge on any atom is -0.475 e. The van der Waals surface area contributed by atoms with Gasteiger partial charge >= 0.3 is 0 Å². The normalized spacial score (nSPS) is 20.3. The zero-order valence-corrected chi connectivity index (χ0v) is 13.1. The van der Waals surface area contributed by atoms with Crippen LogP contribution < -0.4 is 0 Å². The third kappa shape index (κ3) is 4.86. The molecular weight excluding hydrogens is 292 g/mol. The summed E-state index contributed by atoms with van der Waals surface area (Å²) < 4.78 is 5.65. The first kappa shape index (κ1) is 17.2. The fourth-order valence-corrected chi connectivity index (χ4v) is 2.31. The molecule has 0 radical (unpaired) electrons. The molecule has 0 aromatic heterocycles. The molecule has 0 amide bonds. The van der Waals surface area contributed by atoms with Crippen molar-refractivity contribution in [3.8, 4) is 0 Å². The first-order valence-electron chi connectivity index (χ1n) is 6.55. The van der Waals surface area contributed by atoms with Gasteiger partial charge in [0, 0.05) is 24.6 Å². The Morgan fingerprint density at radius 1 is 1.43 bits per heavy atom. The molecule has 1 unspecified atom stereocenters. The van der Waals surface area contributed by atoms with Crippen molar-refractivity contribution >= 4 is 30.1 Å². The van der Waals surface area contributed by atoms with Crippen molar-refractivity contribution in [2.24, 2.45) is 4.99 Å². The van der Waals surface area contributed by atoms with E-state index >= 15 is 0 Å². The van der Waals surface area contributed by atoms with Crippen LogP contribution in [0.3, 0.4) is 0 Å². The van der Waals surface area contributed by atoms with E-state index in [2.05, 4.69) is 18.8 Å². The molecule has 0 fully saturated rings. The Bertz CT molecular complexity index is 582. The van der Waals surface area contributed by atoms with Crippen LogP contribution in [0.15, 0.2) is 35.3 Å².